The van der Waals surface area contributed by atoms with E-state index in [4.69, 9.17) is 19.8 Å². The lowest BCUT2D eigenvalue weighted by molar-refractivity contribution is 0.137. The normalized spacial score (nSPS) is 16.6. The smallest absolute Gasteiger partial charge is 0.228 e. The van der Waals surface area contributed by atoms with Crippen molar-refractivity contribution in [3.8, 4) is 0 Å². The molecule has 11 nitrogen and oxygen atoms in total. The summed E-state index contributed by atoms with van der Waals surface area (Å²) in [5.41, 5.74) is 2.68. The van der Waals surface area contributed by atoms with Crippen LogP contribution in [0.5, 0.6) is 0 Å². The van der Waals surface area contributed by atoms with Crippen LogP contribution in [0.25, 0.3) is 11.0 Å². The molecule has 1 saturated heterocycles. The zero-order chi connectivity index (χ0) is 21.8. The first kappa shape index (κ1) is 21.0. The van der Waals surface area contributed by atoms with E-state index in [2.05, 4.69) is 30.8 Å². The quantitative estimate of drug-likeness (QED) is 0.397. The summed E-state index contributed by atoms with van der Waals surface area (Å²) in [6, 6.07) is 2.42. The standard InChI is InChI=1S/C21H30N10O/c1-2-32-12-11-31-19-18(16(29-31)13-24-15-3-4-15)27-21(30-9-7-22-8-10-30)28-20(19)26-17-5-6-23-14-25-17/h5-6,14-15,22,24H,2-4,7-13H2,1H3,(H,23,25,26,27,28). The Bertz CT molecular complexity index is 1030. The Morgan fingerprint density at radius 2 is 2.09 bits per heavy atom. The van der Waals surface area contributed by atoms with Crippen molar-refractivity contribution in [3.05, 3.63) is 24.3 Å². The molecule has 0 aromatic carbocycles. The summed E-state index contributed by atoms with van der Waals surface area (Å²) in [6.45, 7) is 8.13. The number of nitrogens with one attached hydrogen (secondary N) is 3. The second kappa shape index (κ2) is 9.72. The monoisotopic (exact) mass is 438 g/mol. The summed E-state index contributed by atoms with van der Waals surface area (Å²) in [5, 5.41) is 15.3. The first-order valence-electron chi connectivity index (χ1n) is 11.4. The highest BCUT2D eigenvalue weighted by molar-refractivity contribution is 5.90. The van der Waals surface area contributed by atoms with Crippen LogP contribution in [0.3, 0.4) is 0 Å². The third-order valence-electron chi connectivity index (χ3n) is 5.66. The molecule has 0 amide bonds. The van der Waals surface area contributed by atoms with Crippen molar-refractivity contribution < 1.29 is 4.74 Å². The van der Waals surface area contributed by atoms with Gasteiger partial charge >= 0.3 is 0 Å². The number of rotatable bonds is 10. The Morgan fingerprint density at radius 1 is 1.22 bits per heavy atom. The molecule has 2 aliphatic rings. The molecular formula is C21H30N10O. The van der Waals surface area contributed by atoms with Gasteiger partial charge in [0.15, 0.2) is 5.82 Å². The van der Waals surface area contributed by atoms with Crippen LogP contribution in [0, 0.1) is 0 Å². The predicted molar refractivity (Wildman–Crippen MR) is 122 cm³/mol. The molecule has 1 aliphatic heterocycles. The molecule has 0 bridgehead atoms. The van der Waals surface area contributed by atoms with Crippen molar-refractivity contribution in [3.63, 3.8) is 0 Å². The van der Waals surface area contributed by atoms with Gasteiger partial charge in [-0.15, -0.1) is 0 Å². The molecule has 0 radical (unpaired) electrons. The lowest BCUT2D eigenvalue weighted by atomic mass is 10.3. The molecule has 4 heterocycles. The second-order valence-corrected chi connectivity index (χ2v) is 8.05. The fourth-order valence-electron chi connectivity index (χ4n) is 3.82. The van der Waals surface area contributed by atoms with E-state index >= 15 is 0 Å². The number of anilines is 3. The van der Waals surface area contributed by atoms with Crippen LogP contribution in [-0.4, -0.2) is 75.2 Å². The minimum absolute atomic E-state index is 0.579. The summed E-state index contributed by atoms with van der Waals surface area (Å²) >= 11 is 0. The molecule has 3 N–H and O–H groups in total. The van der Waals surface area contributed by atoms with Crippen LogP contribution in [-0.2, 0) is 17.8 Å². The molecular weight excluding hydrogens is 408 g/mol. The highest BCUT2D eigenvalue weighted by Gasteiger charge is 2.25. The van der Waals surface area contributed by atoms with Crippen LogP contribution < -0.4 is 20.9 Å². The maximum Gasteiger partial charge on any atom is 0.228 e. The summed E-state index contributed by atoms with van der Waals surface area (Å²) in [7, 11) is 0. The zero-order valence-corrected chi connectivity index (χ0v) is 18.4. The molecule has 0 atom stereocenters. The Hall–Kier alpha value is -2.89. The fraction of sp³-hybridized carbons (Fsp3) is 0.571. The molecule has 32 heavy (non-hydrogen) atoms. The molecule has 1 aliphatic carbocycles. The van der Waals surface area contributed by atoms with Gasteiger partial charge in [-0.1, -0.05) is 0 Å². The summed E-state index contributed by atoms with van der Waals surface area (Å²) in [5.74, 6) is 2.10. The van der Waals surface area contributed by atoms with Gasteiger partial charge in [-0.2, -0.15) is 10.1 Å². The number of ether oxygens (including phenoxy) is 1. The molecule has 0 spiro atoms. The van der Waals surface area contributed by atoms with Crippen molar-refractivity contribution in [1.82, 2.24) is 40.3 Å². The highest BCUT2D eigenvalue weighted by Crippen LogP contribution is 2.29. The lowest BCUT2D eigenvalue weighted by Gasteiger charge is -2.27. The van der Waals surface area contributed by atoms with E-state index < -0.39 is 0 Å². The Morgan fingerprint density at radius 3 is 2.84 bits per heavy atom. The van der Waals surface area contributed by atoms with Crippen LogP contribution in [0.15, 0.2) is 18.6 Å². The number of hydrogen-bond acceptors (Lipinski definition) is 10. The van der Waals surface area contributed by atoms with E-state index in [1.54, 1.807) is 6.20 Å². The third kappa shape index (κ3) is 4.79. The van der Waals surface area contributed by atoms with Gasteiger partial charge < -0.3 is 25.6 Å². The molecule has 2 fully saturated rings. The van der Waals surface area contributed by atoms with Crippen molar-refractivity contribution in [2.45, 2.75) is 38.9 Å². The first-order chi connectivity index (χ1) is 15.8. The summed E-state index contributed by atoms with van der Waals surface area (Å²) in [4.78, 5) is 20.5. The van der Waals surface area contributed by atoms with E-state index in [0.29, 0.717) is 49.9 Å². The van der Waals surface area contributed by atoms with Gasteiger partial charge in [0, 0.05) is 51.6 Å². The molecule has 3 aromatic rings. The number of nitrogens with zero attached hydrogens (tertiary/aromatic N) is 7. The van der Waals surface area contributed by atoms with E-state index in [1.807, 2.05) is 17.7 Å². The Balaban J connectivity index is 1.58. The minimum Gasteiger partial charge on any atom is -0.380 e. The van der Waals surface area contributed by atoms with Crippen molar-refractivity contribution in [2.75, 3.05) is 49.6 Å². The summed E-state index contributed by atoms with van der Waals surface area (Å²) in [6.07, 6.45) is 5.69. The average Bonchev–Trinajstić information content (AvgIpc) is 3.60. The predicted octanol–water partition coefficient (Wildman–Crippen LogP) is 1.06. The number of piperazine rings is 1. The van der Waals surface area contributed by atoms with Gasteiger partial charge in [-0.05, 0) is 25.8 Å². The summed E-state index contributed by atoms with van der Waals surface area (Å²) < 4.78 is 7.57. The number of aromatic nitrogens is 6. The van der Waals surface area contributed by atoms with E-state index in [9.17, 15) is 0 Å². The molecule has 1 saturated carbocycles. The third-order valence-corrected chi connectivity index (χ3v) is 5.66. The lowest BCUT2D eigenvalue weighted by Crippen LogP contribution is -2.44. The van der Waals surface area contributed by atoms with E-state index in [1.165, 1.54) is 19.2 Å². The minimum atomic E-state index is 0.579. The largest absolute Gasteiger partial charge is 0.380 e. The molecule has 5 rings (SSSR count). The molecule has 11 heteroatoms. The maximum atomic E-state index is 5.61. The van der Waals surface area contributed by atoms with Crippen LogP contribution in [0.4, 0.5) is 17.6 Å². The van der Waals surface area contributed by atoms with Gasteiger partial charge in [0.05, 0.1) is 13.2 Å². The van der Waals surface area contributed by atoms with Crippen LogP contribution in [0.2, 0.25) is 0 Å². The zero-order valence-electron chi connectivity index (χ0n) is 18.4. The Labute approximate surface area is 187 Å². The van der Waals surface area contributed by atoms with Gasteiger partial charge in [-0.25, -0.2) is 15.0 Å². The van der Waals surface area contributed by atoms with Gasteiger partial charge in [-0.3, -0.25) is 4.68 Å². The van der Waals surface area contributed by atoms with Crippen LogP contribution >= 0.6 is 0 Å². The molecule has 0 unspecified atom stereocenters. The van der Waals surface area contributed by atoms with Crippen LogP contribution in [0.1, 0.15) is 25.5 Å². The van der Waals surface area contributed by atoms with Gasteiger partial charge in [0.25, 0.3) is 0 Å². The fourth-order valence-corrected chi connectivity index (χ4v) is 3.82. The molecule has 3 aromatic heterocycles. The topological polar surface area (TPSA) is 118 Å². The highest BCUT2D eigenvalue weighted by atomic mass is 16.5. The SMILES string of the molecule is CCOCCn1nc(CNC2CC2)c2nc(N3CCNCC3)nc(Nc3ccncn3)c21. The average molecular weight is 439 g/mol. The Kier molecular flexibility index (Phi) is 6.37. The second-order valence-electron chi connectivity index (χ2n) is 8.05. The first-order valence-corrected chi connectivity index (χ1v) is 11.4. The van der Waals surface area contributed by atoms with Gasteiger partial charge in [0.2, 0.25) is 5.95 Å². The number of hydrogen-bond donors (Lipinski definition) is 3. The van der Waals surface area contributed by atoms with Gasteiger partial charge in [0.1, 0.15) is 28.9 Å². The molecule has 170 valence electrons. The van der Waals surface area contributed by atoms with E-state index in [0.717, 1.165) is 42.9 Å². The van der Waals surface area contributed by atoms with E-state index in [-0.39, 0.29) is 0 Å². The van der Waals surface area contributed by atoms with Crippen molar-refractivity contribution in [1.29, 1.82) is 0 Å². The van der Waals surface area contributed by atoms with Crippen molar-refractivity contribution in [2.24, 2.45) is 0 Å². The number of fused-ring (bicyclic) bond motifs is 1. The maximum absolute atomic E-state index is 5.61. The van der Waals surface area contributed by atoms with Crippen molar-refractivity contribution >= 4 is 28.6 Å².